The van der Waals surface area contributed by atoms with E-state index >= 15 is 0 Å². The first-order valence-corrected chi connectivity index (χ1v) is 8.51. The van der Waals surface area contributed by atoms with Gasteiger partial charge in [0.1, 0.15) is 12.4 Å². The monoisotopic (exact) mass is 425 g/mol. The van der Waals surface area contributed by atoms with Gasteiger partial charge in [-0.3, -0.25) is 14.2 Å². The van der Waals surface area contributed by atoms with Crippen molar-refractivity contribution in [3.8, 4) is 11.3 Å². The fraction of sp³-hybridized carbons (Fsp3) is 0.105. The second kappa shape index (κ2) is 8.04. The molecule has 150 valence electrons. The number of aromatic nitrogens is 2. The van der Waals surface area contributed by atoms with Gasteiger partial charge in [-0.05, 0) is 30.3 Å². The Bertz CT molecular complexity index is 1130. The highest BCUT2D eigenvalue weighted by molar-refractivity contribution is 6.33. The van der Waals surface area contributed by atoms with Crippen LogP contribution in [0.1, 0.15) is 5.56 Å². The summed E-state index contributed by atoms with van der Waals surface area (Å²) in [6, 6.07) is 9.29. The van der Waals surface area contributed by atoms with Gasteiger partial charge in [-0.15, -0.1) is 0 Å². The summed E-state index contributed by atoms with van der Waals surface area (Å²) in [5.74, 6) is -1.34. The Morgan fingerprint density at radius 3 is 2.52 bits per heavy atom. The number of anilines is 1. The van der Waals surface area contributed by atoms with Crippen molar-refractivity contribution in [3.63, 3.8) is 0 Å². The van der Waals surface area contributed by atoms with Crippen LogP contribution in [0.4, 0.5) is 23.2 Å². The second-order valence-electron chi connectivity index (χ2n) is 5.96. The molecule has 1 heterocycles. The zero-order chi connectivity index (χ0) is 21.2. The molecule has 10 heteroatoms. The molecule has 0 radical (unpaired) electrons. The molecule has 0 saturated carbocycles. The van der Waals surface area contributed by atoms with E-state index < -0.39 is 35.6 Å². The van der Waals surface area contributed by atoms with Crippen molar-refractivity contribution in [1.82, 2.24) is 9.55 Å². The second-order valence-corrected chi connectivity index (χ2v) is 6.37. The van der Waals surface area contributed by atoms with Crippen LogP contribution in [0.15, 0.2) is 59.7 Å². The van der Waals surface area contributed by atoms with Gasteiger partial charge in [-0.2, -0.15) is 13.2 Å². The maximum Gasteiger partial charge on any atom is 0.416 e. The summed E-state index contributed by atoms with van der Waals surface area (Å²) in [6.45, 7) is -0.518. The number of carbonyl (C=O) groups excluding carboxylic acids is 1. The smallest absolute Gasteiger partial charge is 0.323 e. The quantitative estimate of drug-likeness (QED) is 0.632. The molecule has 0 aliphatic rings. The van der Waals surface area contributed by atoms with Crippen LogP contribution in [0.5, 0.6) is 0 Å². The molecule has 29 heavy (non-hydrogen) atoms. The van der Waals surface area contributed by atoms with Crippen LogP contribution in [-0.2, 0) is 17.5 Å². The van der Waals surface area contributed by atoms with Gasteiger partial charge in [0.15, 0.2) is 0 Å². The molecule has 1 aromatic heterocycles. The first-order valence-electron chi connectivity index (χ1n) is 8.13. The standard InChI is InChI=1S/C19H12ClF4N3O2/c20-13-6-5-11(19(22,23)24)7-16(13)26-17(28)9-27-10-25-15(8-18(27)29)12-3-1-2-4-14(12)21/h1-8,10H,9H2,(H,26,28). The van der Waals surface area contributed by atoms with E-state index in [2.05, 4.69) is 10.3 Å². The minimum absolute atomic E-state index is 0.0886. The SMILES string of the molecule is O=C(Cn1cnc(-c2ccccc2F)cc1=O)Nc1cc(C(F)(F)F)ccc1Cl. The van der Waals surface area contributed by atoms with Crippen LogP contribution >= 0.6 is 11.6 Å². The van der Waals surface area contributed by atoms with Crippen LogP contribution in [0.25, 0.3) is 11.3 Å². The molecule has 3 rings (SSSR count). The average molecular weight is 426 g/mol. The number of benzene rings is 2. The van der Waals surface area contributed by atoms with Crippen LogP contribution in [0, 0.1) is 5.82 Å². The number of amides is 1. The van der Waals surface area contributed by atoms with Crippen molar-refractivity contribution in [2.24, 2.45) is 0 Å². The van der Waals surface area contributed by atoms with Crippen molar-refractivity contribution < 1.29 is 22.4 Å². The summed E-state index contributed by atoms with van der Waals surface area (Å²) in [7, 11) is 0. The molecule has 0 atom stereocenters. The fourth-order valence-electron chi connectivity index (χ4n) is 2.50. The van der Waals surface area contributed by atoms with Crippen molar-refractivity contribution in [3.05, 3.63) is 81.6 Å². The third kappa shape index (κ3) is 4.80. The predicted octanol–water partition coefficient (Wildman–Crippen LogP) is 4.36. The summed E-state index contributed by atoms with van der Waals surface area (Å²) >= 11 is 5.83. The molecule has 5 nitrogen and oxygen atoms in total. The summed E-state index contributed by atoms with van der Waals surface area (Å²) < 4.78 is 53.2. The van der Waals surface area contributed by atoms with E-state index in [0.29, 0.717) is 6.07 Å². The van der Waals surface area contributed by atoms with Crippen molar-refractivity contribution >= 4 is 23.2 Å². The Morgan fingerprint density at radius 2 is 1.86 bits per heavy atom. The predicted molar refractivity (Wildman–Crippen MR) is 99.0 cm³/mol. The Kier molecular flexibility index (Phi) is 5.69. The third-order valence-electron chi connectivity index (χ3n) is 3.91. The minimum atomic E-state index is -4.60. The fourth-order valence-corrected chi connectivity index (χ4v) is 2.67. The molecule has 0 bridgehead atoms. The number of nitrogens with one attached hydrogen (secondary N) is 1. The number of hydrogen-bond donors (Lipinski definition) is 1. The Hall–Kier alpha value is -3.20. The van der Waals surface area contributed by atoms with Gasteiger partial charge < -0.3 is 5.32 Å². The highest BCUT2D eigenvalue weighted by Gasteiger charge is 2.31. The molecule has 3 aromatic rings. The normalized spacial score (nSPS) is 11.3. The zero-order valence-electron chi connectivity index (χ0n) is 14.5. The van der Waals surface area contributed by atoms with E-state index in [9.17, 15) is 27.2 Å². The molecular formula is C19H12ClF4N3O2. The lowest BCUT2D eigenvalue weighted by Crippen LogP contribution is -2.27. The van der Waals surface area contributed by atoms with Gasteiger partial charge in [0.2, 0.25) is 5.91 Å². The van der Waals surface area contributed by atoms with Crippen LogP contribution in [0.2, 0.25) is 5.02 Å². The van der Waals surface area contributed by atoms with E-state index in [4.69, 9.17) is 11.6 Å². The number of alkyl halides is 3. The molecule has 2 aromatic carbocycles. The number of hydrogen-bond acceptors (Lipinski definition) is 3. The van der Waals surface area contributed by atoms with Crippen LogP contribution in [0.3, 0.4) is 0 Å². The average Bonchev–Trinajstić information content (AvgIpc) is 2.65. The lowest BCUT2D eigenvalue weighted by Gasteiger charge is -2.12. The first kappa shape index (κ1) is 20.5. The molecule has 0 aliphatic heterocycles. The Labute approximate surface area is 166 Å². The van der Waals surface area contributed by atoms with E-state index in [1.807, 2.05) is 0 Å². The topological polar surface area (TPSA) is 64.0 Å². The lowest BCUT2D eigenvalue weighted by atomic mass is 10.1. The van der Waals surface area contributed by atoms with Crippen molar-refractivity contribution in [1.29, 1.82) is 0 Å². The van der Waals surface area contributed by atoms with E-state index in [0.717, 1.165) is 29.1 Å². The van der Waals surface area contributed by atoms with Gasteiger partial charge in [-0.25, -0.2) is 9.37 Å². The van der Waals surface area contributed by atoms with E-state index in [1.54, 1.807) is 6.07 Å². The molecule has 0 unspecified atom stereocenters. The summed E-state index contributed by atoms with van der Waals surface area (Å²) in [6.07, 6.45) is -3.55. The summed E-state index contributed by atoms with van der Waals surface area (Å²) in [4.78, 5) is 28.3. The van der Waals surface area contributed by atoms with Crippen LogP contribution in [-0.4, -0.2) is 15.5 Å². The van der Waals surface area contributed by atoms with Gasteiger partial charge in [0, 0.05) is 11.6 Å². The van der Waals surface area contributed by atoms with Crippen molar-refractivity contribution in [2.45, 2.75) is 12.7 Å². The maximum atomic E-state index is 13.8. The van der Waals surface area contributed by atoms with Crippen molar-refractivity contribution in [2.75, 3.05) is 5.32 Å². The molecule has 0 spiro atoms. The van der Waals surface area contributed by atoms with Gasteiger partial charge in [0.25, 0.3) is 5.56 Å². The number of rotatable bonds is 4. The largest absolute Gasteiger partial charge is 0.416 e. The van der Waals surface area contributed by atoms with Gasteiger partial charge >= 0.3 is 6.18 Å². The molecule has 0 aliphatic carbocycles. The summed E-state index contributed by atoms with van der Waals surface area (Å²) in [5, 5.41) is 2.14. The lowest BCUT2D eigenvalue weighted by molar-refractivity contribution is -0.137. The minimum Gasteiger partial charge on any atom is -0.323 e. The number of carbonyl (C=O) groups is 1. The molecular weight excluding hydrogens is 414 g/mol. The molecule has 0 saturated heterocycles. The van der Waals surface area contributed by atoms with E-state index in [1.165, 1.54) is 18.2 Å². The van der Waals surface area contributed by atoms with Crippen LogP contribution < -0.4 is 10.9 Å². The Morgan fingerprint density at radius 1 is 1.14 bits per heavy atom. The third-order valence-corrected chi connectivity index (χ3v) is 4.24. The van der Waals surface area contributed by atoms with Gasteiger partial charge in [-0.1, -0.05) is 23.7 Å². The number of halogens is 5. The molecule has 1 amide bonds. The zero-order valence-corrected chi connectivity index (χ0v) is 15.3. The highest BCUT2D eigenvalue weighted by Crippen LogP contribution is 2.33. The first-order chi connectivity index (χ1) is 13.6. The molecule has 0 fully saturated rings. The number of nitrogens with zero attached hydrogens (tertiary/aromatic N) is 2. The molecule has 1 N–H and O–H groups in total. The highest BCUT2D eigenvalue weighted by atomic mass is 35.5. The summed E-state index contributed by atoms with van der Waals surface area (Å²) in [5.41, 5.74) is -1.65. The Balaban J connectivity index is 1.78. The van der Waals surface area contributed by atoms with E-state index in [-0.39, 0.29) is 22.0 Å². The maximum absolute atomic E-state index is 13.8. The van der Waals surface area contributed by atoms with Gasteiger partial charge in [0.05, 0.1) is 28.3 Å².